The summed E-state index contributed by atoms with van der Waals surface area (Å²) in [5.41, 5.74) is 7.29. The molecule has 5 heteroatoms. The number of carbonyl (C=O) groups excluding carboxylic acids is 1. The van der Waals surface area contributed by atoms with E-state index in [0.717, 1.165) is 6.07 Å². The normalized spacial score (nSPS) is 9.50. The molecule has 0 radical (unpaired) electrons. The van der Waals surface area contributed by atoms with Gasteiger partial charge in [-0.3, -0.25) is 10.6 Å². The highest BCUT2D eigenvalue weighted by molar-refractivity contribution is 5.93. The van der Waals surface area contributed by atoms with Gasteiger partial charge in [-0.05, 0) is 18.2 Å². The minimum atomic E-state index is -0.669. The second-order valence-electron chi connectivity index (χ2n) is 2.20. The van der Waals surface area contributed by atoms with Crippen LogP contribution >= 0.6 is 0 Å². The van der Waals surface area contributed by atoms with Crippen LogP contribution in [-0.4, -0.2) is 5.91 Å². The smallest absolute Gasteiger partial charge is 0.248 e. The Morgan fingerprint density at radius 3 is 2.58 bits per heavy atom. The number of primary amides is 1. The molecule has 64 valence electrons. The minimum Gasteiger partial charge on any atom is -0.366 e. The first-order valence-corrected chi connectivity index (χ1v) is 3.21. The summed E-state index contributed by atoms with van der Waals surface area (Å²) in [6.45, 7) is 0. The van der Waals surface area contributed by atoms with Gasteiger partial charge in [0.25, 0.3) is 0 Å². The maximum Gasteiger partial charge on any atom is 0.248 e. The molecule has 4 nitrogen and oxygen atoms in total. The average molecular weight is 169 g/mol. The van der Waals surface area contributed by atoms with Crippen molar-refractivity contribution in [3.63, 3.8) is 0 Å². The molecule has 0 aliphatic rings. The maximum atomic E-state index is 12.9. The molecule has 0 saturated carbocycles. The molecule has 0 heterocycles. The van der Waals surface area contributed by atoms with Gasteiger partial charge in [0.1, 0.15) is 5.82 Å². The molecule has 1 amide bonds. The lowest BCUT2D eigenvalue weighted by Crippen LogP contribution is -2.13. The molecule has 0 fully saturated rings. The van der Waals surface area contributed by atoms with Crippen LogP contribution < -0.4 is 17.0 Å². The number of hydrogen-bond acceptors (Lipinski definition) is 3. The van der Waals surface area contributed by atoms with Crippen LogP contribution in [0.1, 0.15) is 10.4 Å². The Kier molecular flexibility index (Phi) is 2.25. The van der Waals surface area contributed by atoms with Crippen molar-refractivity contribution >= 4 is 11.6 Å². The lowest BCUT2D eigenvalue weighted by molar-refractivity contribution is 0.1000. The average Bonchev–Trinajstić information content (AvgIpc) is 2.04. The van der Waals surface area contributed by atoms with Crippen LogP contribution in [0.3, 0.4) is 0 Å². The van der Waals surface area contributed by atoms with Gasteiger partial charge in [0.05, 0.1) is 5.69 Å². The fourth-order valence-electron chi connectivity index (χ4n) is 0.785. The number of hydrazine groups is 1. The molecule has 0 aliphatic carbocycles. The predicted octanol–water partition coefficient (Wildman–Crippen LogP) is 0.210. The van der Waals surface area contributed by atoms with Crippen molar-refractivity contribution in [2.24, 2.45) is 11.6 Å². The Balaban J connectivity index is 3.10. The predicted molar refractivity (Wildman–Crippen MR) is 42.7 cm³/mol. The Morgan fingerprint density at radius 2 is 2.17 bits per heavy atom. The van der Waals surface area contributed by atoms with Crippen molar-refractivity contribution < 1.29 is 9.18 Å². The van der Waals surface area contributed by atoms with E-state index in [1.165, 1.54) is 12.1 Å². The van der Waals surface area contributed by atoms with Gasteiger partial charge in [-0.15, -0.1) is 0 Å². The highest BCUT2D eigenvalue weighted by Gasteiger charge is 2.04. The highest BCUT2D eigenvalue weighted by atomic mass is 19.1. The Bertz CT molecular complexity index is 314. The second-order valence-corrected chi connectivity index (χ2v) is 2.20. The minimum absolute atomic E-state index is 0.117. The van der Waals surface area contributed by atoms with Gasteiger partial charge in [-0.25, -0.2) is 4.39 Å². The molecule has 0 atom stereocenters. The number of amides is 1. The number of rotatable bonds is 2. The zero-order valence-corrected chi connectivity index (χ0v) is 6.17. The highest BCUT2D eigenvalue weighted by Crippen LogP contribution is 2.13. The van der Waals surface area contributed by atoms with Gasteiger partial charge in [0, 0.05) is 5.56 Å². The first kappa shape index (κ1) is 8.48. The number of carbonyl (C=O) groups is 1. The van der Waals surface area contributed by atoms with Gasteiger partial charge in [-0.1, -0.05) is 0 Å². The molecule has 1 aromatic rings. The lowest BCUT2D eigenvalue weighted by atomic mass is 10.2. The van der Waals surface area contributed by atoms with E-state index in [0.29, 0.717) is 0 Å². The molecule has 5 N–H and O–H groups in total. The molecule has 1 rings (SSSR count). The van der Waals surface area contributed by atoms with Crippen LogP contribution in [0.5, 0.6) is 0 Å². The fraction of sp³-hybridized carbons (Fsp3) is 0. The molecule has 0 saturated heterocycles. The molecular formula is C7H8FN3O. The quantitative estimate of drug-likeness (QED) is 0.437. The van der Waals surface area contributed by atoms with Gasteiger partial charge < -0.3 is 11.2 Å². The molecule has 0 aromatic heterocycles. The van der Waals surface area contributed by atoms with Crippen molar-refractivity contribution in [1.82, 2.24) is 0 Å². The van der Waals surface area contributed by atoms with E-state index >= 15 is 0 Å². The van der Waals surface area contributed by atoms with Gasteiger partial charge in [-0.2, -0.15) is 0 Å². The van der Waals surface area contributed by atoms with E-state index in [-0.39, 0.29) is 11.3 Å². The number of nitrogen functional groups attached to an aromatic ring is 1. The van der Waals surface area contributed by atoms with E-state index < -0.39 is 11.7 Å². The third-order valence-corrected chi connectivity index (χ3v) is 1.41. The SMILES string of the molecule is NNc1ccc(C(N)=O)cc1F. The standard InChI is InChI=1S/C7H8FN3O/c8-5-3-4(7(9)12)1-2-6(5)11-10/h1-3,11H,10H2,(H2,9,12). The van der Waals surface area contributed by atoms with E-state index in [2.05, 4.69) is 5.43 Å². The Morgan fingerprint density at radius 1 is 1.50 bits per heavy atom. The lowest BCUT2D eigenvalue weighted by Gasteiger charge is -2.01. The van der Waals surface area contributed by atoms with Crippen molar-refractivity contribution in [2.75, 3.05) is 5.43 Å². The van der Waals surface area contributed by atoms with Crippen LogP contribution in [0.4, 0.5) is 10.1 Å². The fourth-order valence-corrected chi connectivity index (χ4v) is 0.785. The molecule has 0 spiro atoms. The van der Waals surface area contributed by atoms with Crippen LogP contribution in [0.15, 0.2) is 18.2 Å². The first-order chi connectivity index (χ1) is 5.65. The van der Waals surface area contributed by atoms with E-state index in [9.17, 15) is 9.18 Å². The molecule has 1 aromatic carbocycles. The third-order valence-electron chi connectivity index (χ3n) is 1.41. The van der Waals surface area contributed by atoms with Crippen molar-refractivity contribution in [1.29, 1.82) is 0 Å². The molecule has 0 unspecified atom stereocenters. The molecule has 0 aliphatic heterocycles. The van der Waals surface area contributed by atoms with Crippen LogP contribution in [0.2, 0.25) is 0 Å². The van der Waals surface area contributed by atoms with E-state index in [1.54, 1.807) is 0 Å². The zero-order valence-electron chi connectivity index (χ0n) is 6.17. The molecule has 12 heavy (non-hydrogen) atoms. The molecular weight excluding hydrogens is 161 g/mol. The van der Waals surface area contributed by atoms with Crippen molar-refractivity contribution in [3.05, 3.63) is 29.6 Å². The van der Waals surface area contributed by atoms with Crippen molar-refractivity contribution in [3.8, 4) is 0 Å². The monoisotopic (exact) mass is 169 g/mol. The van der Waals surface area contributed by atoms with Crippen LogP contribution in [0.25, 0.3) is 0 Å². The summed E-state index contributed by atoms with van der Waals surface area (Å²) in [6, 6.07) is 3.76. The maximum absolute atomic E-state index is 12.9. The number of benzene rings is 1. The van der Waals surface area contributed by atoms with Crippen LogP contribution in [0, 0.1) is 5.82 Å². The van der Waals surface area contributed by atoms with Gasteiger partial charge in [0.15, 0.2) is 0 Å². The summed E-state index contributed by atoms with van der Waals surface area (Å²) in [7, 11) is 0. The number of halogens is 1. The first-order valence-electron chi connectivity index (χ1n) is 3.21. The van der Waals surface area contributed by atoms with E-state index in [1.807, 2.05) is 0 Å². The number of hydrogen-bond donors (Lipinski definition) is 3. The van der Waals surface area contributed by atoms with Gasteiger partial charge in [0.2, 0.25) is 5.91 Å². The number of anilines is 1. The Hall–Kier alpha value is -1.62. The zero-order chi connectivity index (χ0) is 9.14. The third kappa shape index (κ3) is 1.51. The van der Waals surface area contributed by atoms with Crippen LogP contribution in [-0.2, 0) is 0 Å². The van der Waals surface area contributed by atoms with Gasteiger partial charge >= 0.3 is 0 Å². The summed E-state index contributed by atoms with van der Waals surface area (Å²) < 4.78 is 12.9. The second kappa shape index (κ2) is 3.19. The summed E-state index contributed by atoms with van der Waals surface area (Å²) >= 11 is 0. The van der Waals surface area contributed by atoms with E-state index in [4.69, 9.17) is 11.6 Å². The summed E-state index contributed by atoms with van der Waals surface area (Å²) in [4.78, 5) is 10.6. The largest absolute Gasteiger partial charge is 0.366 e. The van der Waals surface area contributed by atoms with Crippen molar-refractivity contribution in [2.45, 2.75) is 0 Å². The summed E-state index contributed by atoms with van der Waals surface area (Å²) in [5, 5.41) is 0. The molecule has 0 bridgehead atoms. The topological polar surface area (TPSA) is 81.1 Å². The summed E-state index contributed by atoms with van der Waals surface area (Å²) in [6.07, 6.45) is 0. The number of nitrogens with one attached hydrogen (secondary N) is 1. The summed E-state index contributed by atoms with van der Waals surface area (Å²) in [5.74, 6) is 3.70. The number of nitrogens with two attached hydrogens (primary N) is 2. The Labute approximate surface area is 68.3 Å².